The molecule has 0 spiro atoms. The second-order valence-electron chi connectivity index (χ2n) is 13.6. The number of aromatic nitrogens is 1. The van der Waals surface area contributed by atoms with E-state index in [0.717, 1.165) is 38.8 Å². The third-order valence-electron chi connectivity index (χ3n) is 10.8. The first-order valence-electron chi connectivity index (χ1n) is 17.9. The van der Waals surface area contributed by atoms with Crippen molar-refractivity contribution in [2.75, 3.05) is 0 Å². The van der Waals surface area contributed by atoms with Crippen molar-refractivity contribution in [3.63, 3.8) is 0 Å². The van der Waals surface area contributed by atoms with Crippen LogP contribution in [0.5, 0.6) is 0 Å². The van der Waals surface area contributed by atoms with Gasteiger partial charge >= 0.3 is 0 Å². The van der Waals surface area contributed by atoms with Gasteiger partial charge in [-0.1, -0.05) is 152 Å². The molecule has 2 heterocycles. The van der Waals surface area contributed by atoms with Gasteiger partial charge in [0.1, 0.15) is 11.2 Å². The zero-order valence-electron chi connectivity index (χ0n) is 28.3. The van der Waals surface area contributed by atoms with E-state index in [-0.39, 0.29) is 0 Å². The lowest BCUT2D eigenvalue weighted by molar-refractivity contribution is 0.670. The number of hydrogen-bond acceptors (Lipinski definition) is 1. The lowest BCUT2D eigenvalue weighted by Gasteiger charge is -2.19. The van der Waals surface area contributed by atoms with Crippen molar-refractivity contribution < 1.29 is 4.42 Å². The van der Waals surface area contributed by atoms with Crippen molar-refractivity contribution >= 4 is 65.3 Å². The van der Waals surface area contributed by atoms with Gasteiger partial charge in [-0.3, -0.25) is 0 Å². The Bertz CT molecular complexity index is 3080. The maximum Gasteiger partial charge on any atom is 0.143 e. The van der Waals surface area contributed by atoms with E-state index in [0.29, 0.717) is 0 Å². The van der Waals surface area contributed by atoms with E-state index >= 15 is 0 Å². The standard InChI is InChI=1S/C50H31NO/c1-3-23-42-40(21-1)48(33-15-11-14-32(30-33)36-25-13-26-44-39-20-7-10-29-47(39)52-50(36)44)41-22-2-4-24-43(41)49(42)34-16-12-17-35(31-34)51-45-27-8-5-18-37(45)38-19-6-9-28-46(38)51/h1-31H. The highest BCUT2D eigenvalue weighted by Crippen LogP contribution is 2.45. The van der Waals surface area contributed by atoms with Crippen LogP contribution in [0, 0.1) is 0 Å². The van der Waals surface area contributed by atoms with E-state index in [9.17, 15) is 0 Å². The molecule has 0 unspecified atom stereocenters. The first-order chi connectivity index (χ1) is 25.8. The van der Waals surface area contributed by atoms with Gasteiger partial charge in [-0.25, -0.2) is 0 Å². The fourth-order valence-electron chi connectivity index (χ4n) is 8.57. The smallest absolute Gasteiger partial charge is 0.143 e. The highest BCUT2D eigenvalue weighted by atomic mass is 16.3. The maximum atomic E-state index is 6.47. The van der Waals surface area contributed by atoms with Crippen LogP contribution in [-0.4, -0.2) is 4.57 Å². The molecule has 0 N–H and O–H groups in total. The molecule has 9 aromatic carbocycles. The molecule has 0 aliphatic heterocycles. The van der Waals surface area contributed by atoms with Crippen molar-refractivity contribution in [2.24, 2.45) is 0 Å². The number of fused-ring (bicyclic) bond motifs is 8. The van der Waals surface area contributed by atoms with Gasteiger partial charge in [0.15, 0.2) is 0 Å². The molecular formula is C50H31NO. The number of nitrogens with zero attached hydrogens (tertiary/aromatic N) is 1. The van der Waals surface area contributed by atoms with E-state index < -0.39 is 0 Å². The van der Waals surface area contributed by atoms with Crippen LogP contribution in [0.4, 0.5) is 0 Å². The minimum atomic E-state index is 0.913. The van der Waals surface area contributed by atoms with Crippen LogP contribution in [0.3, 0.4) is 0 Å². The number of furan rings is 1. The Morgan fingerprint density at radius 3 is 1.42 bits per heavy atom. The van der Waals surface area contributed by atoms with Gasteiger partial charge < -0.3 is 8.98 Å². The molecule has 0 saturated heterocycles. The van der Waals surface area contributed by atoms with Crippen molar-refractivity contribution in [3.05, 3.63) is 188 Å². The van der Waals surface area contributed by atoms with Gasteiger partial charge in [0.2, 0.25) is 0 Å². The summed E-state index contributed by atoms with van der Waals surface area (Å²) in [6.07, 6.45) is 0. The first kappa shape index (κ1) is 28.9. The lowest BCUT2D eigenvalue weighted by atomic mass is 9.85. The van der Waals surface area contributed by atoms with E-state index in [1.165, 1.54) is 65.6 Å². The Morgan fingerprint density at radius 2 is 0.788 bits per heavy atom. The predicted molar refractivity (Wildman–Crippen MR) is 219 cm³/mol. The molecule has 242 valence electrons. The molecule has 11 rings (SSSR count). The fourth-order valence-corrected chi connectivity index (χ4v) is 8.57. The predicted octanol–water partition coefficient (Wildman–Crippen LogP) is 14.0. The molecule has 0 aliphatic rings. The summed E-state index contributed by atoms with van der Waals surface area (Å²) in [7, 11) is 0. The van der Waals surface area contributed by atoms with Gasteiger partial charge in [-0.05, 0) is 85.8 Å². The van der Waals surface area contributed by atoms with Crippen LogP contribution in [0.15, 0.2) is 192 Å². The Kier molecular flexibility index (Phi) is 6.28. The molecule has 2 nitrogen and oxygen atoms in total. The molecule has 2 aromatic heterocycles. The second-order valence-corrected chi connectivity index (χ2v) is 13.6. The lowest BCUT2D eigenvalue weighted by Crippen LogP contribution is -1.95. The van der Waals surface area contributed by atoms with E-state index in [4.69, 9.17) is 4.42 Å². The molecule has 52 heavy (non-hydrogen) atoms. The van der Waals surface area contributed by atoms with Gasteiger partial charge in [-0.15, -0.1) is 0 Å². The van der Waals surface area contributed by atoms with Crippen molar-refractivity contribution in [2.45, 2.75) is 0 Å². The van der Waals surface area contributed by atoms with Crippen LogP contribution in [0.2, 0.25) is 0 Å². The number of rotatable bonds is 4. The molecular weight excluding hydrogens is 631 g/mol. The summed E-state index contributed by atoms with van der Waals surface area (Å²) < 4.78 is 8.87. The zero-order chi connectivity index (χ0) is 34.2. The van der Waals surface area contributed by atoms with Gasteiger partial charge in [0, 0.05) is 32.8 Å². The molecule has 2 heteroatoms. The third kappa shape index (κ3) is 4.25. The van der Waals surface area contributed by atoms with Crippen LogP contribution in [-0.2, 0) is 0 Å². The second kappa shape index (κ2) is 11.3. The van der Waals surface area contributed by atoms with Crippen LogP contribution < -0.4 is 0 Å². The maximum absolute atomic E-state index is 6.47. The Morgan fingerprint density at radius 1 is 0.327 bits per heavy atom. The molecule has 0 saturated carbocycles. The minimum absolute atomic E-state index is 0.913. The Labute approximate surface area is 300 Å². The Balaban J connectivity index is 1.14. The van der Waals surface area contributed by atoms with E-state index in [2.05, 4.69) is 180 Å². The van der Waals surface area contributed by atoms with Crippen molar-refractivity contribution in [1.82, 2.24) is 4.57 Å². The average molecular weight is 662 g/mol. The molecule has 0 bridgehead atoms. The molecule has 0 atom stereocenters. The summed E-state index contributed by atoms with van der Waals surface area (Å²) in [5.74, 6) is 0. The summed E-state index contributed by atoms with van der Waals surface area (Å²) in [4.78, 5) is 0. The van der Waals surface area contributed by atoms with Gasteiger partial charge in [-0.2, -0.15) is 0 Å². The van der Waals surface area contributed by atoms with Crippen LogP contribution >= 0.6 is 0 Å². The largest absolute Gasteiger partial charge is 0.455 e. The number of para-hydroxylation sites is 4. The summed E-state index contributed by atoms with van der Waals surface area (Å²) in [5, 5.41) is 9.76. The van der Waals surface area contributed by atoms with Gasteiger partial charge in [0.25, 0.3) is 0 Å². The highest BCUT2D eigenvalue weighted by molar-refractivity contribution is 6.22. The zero-order valence-corrected chi connectivity index (χ0v) is 28.3. The summed E-state index contributed by atoms with van der Waals surface area (Å²) in [5.41, 5.74) is 12.5. The SMILES string of the molecule is c1cc(-c2c3ccccc3c(-c3cccc(-n4c5ccccc5c5ccccc54)c3)c3ccccc23)cc(-c2cccc3c2oc2ccccc23)c1. The number of benzene rings is 9. The monoisotopic (exact) mass is 661 g/mol. The van der Waals surface area contributed by atoms with Crippen LogP contribution in [0.25, 0.3) is 104 Å². The fraction of sp³-hybridized carbons (Fsp3) is 0. The first-order valence-corrected chi connectivity index (χ1v) is 17.9. The summed E-state index contributed by atoms with van der Waals surface area (Å²) in [6.45, 7) is 0. The number of hydrogen-bond donors (Lipinski definition) is 0. The molecule has 0 amide bonds. The van der Waals surface area contributed by atoms with E-state index in [1.807, 2.05) is 12.1 Å². The highest BCUT2D eigenvalue weighted by Gasteiger charge is 2.19. The molecule has 0 fully saturated rings. The van der Waals surface area contributed by atoms with Crippen molar-refractivity contribution in [3.8, 4) is 39.1 Å². The van der Waals surface area contributed by atoms with Crippen LogP contribution in [0.1, 0.15) is 0 Å². The summed E-state index contributed by atoms with van der Waals surface area (Å²) in [6, 6.07) is 68.0. The average Bonchev–Trinajstić information content (AvgIpc) is 3.76. The quantitative estimate of drug-likeness (QED) is 0.172. The Hall–Kier alpha value is -6.90. The normalized spacial score (nSPS) is 11.8. The van der Waals surface area contributed by atoms with Crippen molar-refractivity contribution in [1.29, 1.82) is 0 Å². The summed E-state index contributed by atoms with van der Waals surface area (Å²) >= 11 is 0. The van der Waals surface area contributed by atoms with Gasteiger partial charge in [0.05, 0.1) is 11.0 Å². The third-order valence-corrected chi connectivity index (χ3v) is 10.8. The molecule has 0 aliphatic carbocycles. The molecule has 0 radical (unpaired) electrons. The minimum Gasteiger partial charge on any atom is -0.455 e. The topological polar surface area (TPSA) is 18.1 Å². The van der Waals surface area contributed by atoms with E-state index in [1.54, 1.807) is 0 Å². The molecule has 11 aromatic rings.